The molecule has 15 aromatic carbocycles. The lowest BCUT2D eigenvalue weighted by Crippen LogP contribution is -2.75. The lowest BCUT2D eigenvalue weighted by atomic mass is 9.60. The molecule has 0 saturated heterocycles. The third-order valence-corrected chi connectivity index (χ3v) is 25.3. The third kappa shape index (κ3) is 8.13. The minimum atomic E-state index is -3.97. The maximum absolute atomic E-state index is 9.36. The van der Waals surface area contributed by atoms with E-state index in [1.54, 1.807) is 0 Å². The highest BCUT2D eigenvalue weighted by molar-refractivity contribution is 7.20. The van der Waals surface area contributed by atoms with E-state index < -0.39 is 44.3 Å². The molecule has 3 aliphatic carbocycles. The minimum Gasteiger partial charge on any atom is -0.456 e. The van der Waals surface area contributed by atoms with Gasteiger partial charge in [-0.25, -0.2) is 0 Å². The Balaban J connectivity index is 0.836. The first-order chi connectivity index (χ1) is 51.8. The van der Waals surface area contributed by atoms with Crippen molar-refractivity contribution in [1.82, 2.24) is 4.57 Å². The molecule has 21 rings (SSSR count). The van der Waals surface area contributed by atoms with Crippen LogP contribution in [0.25, 0.3) is 127 Å². The highest BCUT2D eigenvalue weighted by Crippen LogP contribution is 2.58. The summed E-state index contributed by atoms with van der Waals surface area (Å²) < 4.78 is 106. The van der Waals surface area contributed by atoms with Crippen LogP contribution >= 0.6 is 0 Å². The van der Waals surface area contributed by atoms with Gasteiger partial charge in [0.2, 0.25) is 0 Å². The number of fused-ring (bicyclic) bond motifs is 9. The van der Waals surface area contributed by atoms with Crippen LogP contribution in [0.3, 0.4) is 0 Å². The molecule has 3 nitrogen and oxygen atoms in total. The fraction of sp³-hybridized carbons (Fsp3) is 0.0217. The molecule has 2 bridgehead atoms. The van der Waals surface area contributed by atoms with Gasteiger partial charge >= 0.3 is 0 Å². The summed E-state index contributed by atoms with van der Waals surface area (Å²) in [6.07, 6.45) is 0. The number of hydrogen-bond donors (Lipinski definition) is 0. The van der Waals surface area contributed by atoms with Crippen molar-refractivity contribution in [3.05, 3.63) is 379 Å². The number of para-hydroxylation sites is 3. The summed E-state index contributed by atoms with van der Waals surface area (Å²) in [6.45, 7) is 0. The Morgan fingerprint density at radius 3 is 1.40 bits per heavy atom. The molecule has 0 aliphatic heterocycles. The average Bonchev–Trinajstić information content (AvgIpc) is 1.03. The quantitative estimate of drug-likeness (QED) is 0.101. The molecule has 2 atom stereocenters. The summed E-state index contributed by atoms with van der Waals surface area (Å²) in [6, 6.07) is 96.2. The van der Waals surface area contributed by atoms with Crippen LogP contribution in [0.5, 0.6) is 0 Å². The fourth-order valence-electron chi connectivity index (χ4n) is 16.6. The van der Waals surface area contributed by atoms with Crippen molar-refractivity contribution >= 4 is 94.5 Å². The lowest BCUT2D eigenvalue weighted by Gasteiger charge is -2.47. The van der Waals surface area contributed by atoms with Crippen LogP contribution in [0.15, 0.2) is 354 Å². The van der Waals surface area contributed by atoms with Gasteiger partial charge in [-0.2, -0.15) is 0 Å². The molecule has 0 saturated carbocycles. The monoisotopic (exact) mass is 1250 g/mol. The first kappa shape index (κ1) is 45.2. The maximum Gasteiger partial charge on any atom is 0.179 e. The molecule has 0 radical (unpaired) electrons. The predicted octanol–water partition coefficient (Wildman–Crippen LogP) is 21.3. The molecule has 3 aromatic heterocycles. The Morgan fingerprint density at radius 2 is 0.760 bits per heavy atom. The van der Waals surface area contributed by atoms with Crippen LogP contribution in [0.2, 0.25) is 0 Å². The van der Waals surface area contributed by atoms with Gasteiger partial charge in [0.15, 0.2) is 8.07 Å². The van der Waals surface area contributed by atoms with Gasteiger partial charge in [0, 0.05) is 44.2 Å². The van der Waals surface area contributed by atoms with Crippen molar-refractivity contribution in [2.45, 2.75) is 11.8 Å². The maximum atomic E-state index is 9.36. The number of aromatic nitrogens is 1. The summed E-state index contributed by atoms with van der Waals surface area (Å²) in [5, 5.41) is 10.1. The Labute approximate surface area is 570 Å². The number of furan rings is 2. The molecule has 0 N–H and O–H groups in total. The molecule has 18 aromatic rings. The molecule has 448 valence electrons. The van der Waals surface area contributed by atoms with E-state index in [4.69, 9.17) is 17.1 Å². The van der Waals surface area contributed by atoms with Gasteiger partial charge in [-0.05, 0) is 170 Å². The van der Waals surface area contributed by atoms with Gasteiger partial charge in [0.1, 0.15) is 22.3 Å². The summed E-state index contributed by atoms with van der Waals surface area (Å²) >= 11 is 0. The van der Waals surface area contributed by atoms with Gasteiger partial charge in [-0.15, -0.1) is 0 Å². The second-order valence-corrected chi connectivity index (χ2v) is 29.1. The molecular formula is C92H59NO2Si. The van der Waals surface area contributed by atoms with Gasteiger partial charge < -0.3 is 13.4 Å². The van der Waals surface area contributed by atoms with Crippen LogP contribution in [0.1, 0.15) is 58.9 Å². The zero-order valence-corrected chi connectivity index (χ0v) is 52.6. The number of hydrogen-bond acceptors (Lipinski definition) is 2. The van der Waals surface area contributed by atoms with Crippen LogP contribution in [-0.4, -0.2) is 12.6 Å². The molecular weight excluding hydrogens is 1180 g/mol. The van der Waals surface area contributed by atoms with Crippen LogP contribution in [0.4, 0.5) is 0 Å². The summed E-state index contributed by atoms with van der Waals surface area (Å²) in [4.78, 5) is 0. The Bertz CT molecular complexity index is 6530. The van der Waals surface area contributed by atoms with Gasteiger partial charge in [0.05, 0.1) is 30.4 Å². The van der Waals surface area contributed by atoms with Crippen LogP contribution in [-0.2, 0) is 0 Å². The molecule has 0 amide bonds. The average molecular weight is 1250 g/mol. The standard InChI is InChI=1S/C92H59NO2Si/c1-4-23-58(24-5-1)60-27-18-31-66(53-60)96(65-29-8-3-9-30-65,67-32-19-28-61(54-67)59-25-6-2-7-26-59)87-46-22-41-76-89-73-36-10-11-37-74(73)92(91(76)87)90-75(89)40-21-43-82(90)93-80-42-15-12-33-70(80)77-57-64(47-50-81(77)93)88-68(62-48-51-85-78(55-62)71-34-13-16-44-83(71)94-85)38-20-39-69(88)63-49-52-86-79(56-63)72-35-14-17-45-84(72)95-86/h1-57,89,92H/i1D,2D,4D,5D,6D,7D,23D,24D,25D,26D. The lowest BCUT2D eigenvalue weighted by molar-refractivity contribution is 0.668. The molecule has 0 fully saturated rings. The van der Waals surface area contributed by atoms with Crippen molar-refractivity contribution in [3.63, 3.8) is 0 Å². The SMILES string of the molecule is [2H]c1c([2H])c([2H])c(-c2cccc([Si](c3ccccc3)(c3cccc(-c4c([2H])c([2H])c([2H])c([2H])c4[2H])c3)c3cccc4c3C3c5ccccc5C4c4cccc(-n5c6ccccc6c6cc(-c7c(-c8ccc9oc%10ccccc%10c9c8)cccc7-c7ccc8oc9ccccc9c8c7)ccc65)c43)c2)c([2H])c1[2H]. The van der Waals surface area contributed by atoms with Crippen molar-refractivity contribution < 1.29 is 22.5 Å². The van der Waals surface area contributed by atoms with E-state index in [1.165, 1.54) is 16.7 Å². The van der Waals surface area contributed by atoms with E-state index in [1.807, 2.05) is 78.9 Å². The first-order valence-corrected chi connectivity index (χ1v) is 34.5. The van der Waals surface area contributed by atoms with E-state index in [0.717, 1.165) is 142 Å². The first-order valence-electron chi connectivity index (χ1n) is 37.5. The molecule has 96 heavy (non-hydrogen) atoms. The van der Waals surface area contributed by atoms with Gasteiger partial charge in [-0.3, -0.25) is 0 Å². The molecule has 0 spiro atoms. The second-order valence-electron chi connectivity index (χ2n) is 25.3. The number of rotatable bonds is 10. The topological polar surface area (TPSA) is 31.2 Å². The minimum absolute atomic E-state index is 0.0727. The van der Waals surface area contributed by atoms with Crippen molar-refractivity contribution in [1.29, 1.82) is 0 Å². The van der Waals surface area contributed by atoms with E-state index >= 15 is 0 Å². The van der Waals surface area contributed by atoms with Crippen LogP contribution < -0.4 is 20.7 Å². The van der Waals surface area contributed by atoms with E-state index in [0.29, 0.717) is 11.1 Å². The van der Waals surface area contributed by atoms with Crippen molar-refractivity contribution in [2.75, 3.05) is 0 Å². The summed E-state index contributed by atoms with van der Waals surface area (Å²) in [5.74, 6) is -0.626. The van der Waals surface area contributed by atoms with Crippen LogP contribution in [0, 0.1) is 0 Å². The fourth-order valence-corrected chi connectivity index (χ4v) is 21.7. The Hall–Kier alpha value is -12.1. The molecule has 3 heterocycles. The highest BCUT2D eigenvalue weighted by atomic mass is 28.3. The Kier molecular flexibility index (Phi) is 10.1. The molecule has 4 heteroatoms. The van der Waals surface area contributed by atoms with E-state index in [2.05, 4.69) is 211 Å². The number of benzene rings is 15. The van der Waals surface area contributed by atoms with Gasteiger partial charge in [-0.1, -0.05) is 285 Å². The second kappa shape index (κ2) is 21.5. The van der Waals surface area contributed by atoms with E-state index in [-0.39, 0.29) is 47.1 Å². The van der Waals surface area contributed by atoms with E-state index in [9.17, 15) is 5.48 Å². The zero-order valence-electron chi connectivity index (χ0n) is 61.6. The zero-order chi connectivity index (χ0) is 71.7. The smallest absolute Gasteiger partial charge is 0.179 e. The Morgan fingerprint density at radius 1 is 0.292 bits per heavy atom. The molecule has 2 unspecified atom stereocenters. The van der Waals surface area contributed by atoms with Crippen molar-refractivity contribution in [2.24, 2.45) is 0 Å². The van der Waals surface area contributed by atoms with Gasteiger partial charge in [0.25, 0.3) is 0 Å². The summed E-state index contributed by atoms with van der Waals surface area (Å²) in [5.41, 5.74) is 20.8. The highest BCUT2D eigenvalue weighted by Gasteiger charge is 2.50. The summed E-state index contributed by atoms with van der Waals surface area (Å²) in [7, 11) is -3.97. The number of nitrogens with zero attached hydrogens (tertiary/aromatic N) is 1. The predicted molar refractivity (Wildman–Crippen MR) is 401 cm³/mol. The van der Waals surface area contributed by atoms with Crippen molar-refractivity contribution in [3.8, 4) is 61.3 Å². The largest absolute Gasteiger partial charge is 0.456 e. The molecule has 3 aliphatic rings. The third-order valence-electron chi connectivity index (χ3n) is 20.5. The normalized spacial score (nSPS) is 15.5.